The lowest BCUT2D eigenvalue weighted by molar-refractivity contribution is 0.261. The molecule has 0 saturated carbocycles. The summed E-state index contributed by atoms with van der Waals surface area (Å²) < 4.78 is 0. The molecule has 1 heterocycles. The van der Waals surface area contributed by atoms with Gasteiger partial charge < -0.3 is 10.2 Å². The van der Waals surface area contributed by atoms with Crippen molar-refractivity contribution < 1.29 is 0 Å². The summed E-state index contributed by atoms with van der Waals surface area (Å²) in [5.74, 6) is 0.955. The van der Waals surface area contributed by atoms with E-state index in [0.29, 0.717) is 6.04 Å². The standard InChI is InChI=1S/C16H23N3/c1-4-13(2)19(3)12-11-17-16-10-9-14-7-5-6-8-15(14)18-16/h5-10,13H,4,11-12H2,1-3H3,(H,17,18). The summed E-state index contributed by atoms with van der Waals surface area (Å²) in [5.41, 5.74) is 1.04. The maximum atomic E-state index is 4.61. The van der Waals surface area contributed by atoms with Crippen LogP contribution in [0.15, 0.2) is 36.4 Å². The Balaban J connectivity index is 1.91. The number of rotatable bonds is 6. The maximum Gasteiger partial charge on any atom is 0.126 e. The first kappa shape index (κ1) is 13.8. The highest BCUT2D eigenvalue weighted by Crippen LogP contribution is 2.14. The van der Waals surface area contributed by atoms with Crippen LogP contribution in [-0.2, 0) is 0 Å². The molecule has 1 aromatic heterocycles. The van der Waals surface area contributed by atoms with E-state index in [1.807, 2.05) is 24.3 Å². The number of aromatic nitrogens is 1. The van der Waals surface area contributed by atoms with Crippen LogP contribution < -0.4 is 5.32 Å². The third-order valence-electron chi connectivity index (χ3n) is 3.71. The van der Waals surface area contributed by atoms with Gasteiger partial charge in [-0.05, 0) is 38.6 Å². The molecule has 2 rings (SSSR count). The average Bonchev–Trinajstić information content (AvgIpc) is 2.46. The SMILES string of the molecule is CCC(C)N(C)CCNc1ccc2ccccc2n1. The molecule has 1 aromatic carbocycles. The highest BCUT2D eigenvalue weighted by atomic mass is 15.1. The molecule has 1 atom stereocenters. The average molecular weight is 257 g/mol. The molecule has 0 radical (unpaired) electrons. The van der Waals surface area contributed by atoms with Gasteiger partial charge in [0.25, 0.3) is 0 Å². The van der Waals surface area contributed by atoms with E-state index < -0.39 is 0 Å². The number of nitrogens with zero attached hydrogens (tertiary/aromatic N) is 2. The topological polar surface area (TPSA) is 28.2 Å². The predicted octanol–water partition coefficient (Wildman–Crippen LogP) is 3.38. The van der Waals surface area contributed by atoms with Crippen molar-refractivity contribution in [3.63, 3.8) is 0 Å². The number of pyridine rings is 1. The molecule has 0 amide bonds. The highest BCUT2D eigenvalue weighted by Gasteiger charge is 2.05. The van der Waals surface area contributed by atoms with Gasteiger partial charge in [0.15, 0.2) is 0 Å². The van der Waals surface area contributed by atoms with Crippen molar-refractivity contribution in [1.82, 2.24) is 9.88 Å². The predicted molar refractivity (Wildman–Crippen MR) is 82.6 cm³/mol. The van der Waals surface area contributed by atoms with E-state index in [1.54, 1.807) is 0 Å². The fourth-order valence-electron chi connectivity index (χ4n) is 2.06. The Labute approximate surface area is 115 Å². The van der Waals surface area contributed by atoms with E-state index >= 15 is 0 Å². The third-order valence-corrected chi connectivity index (χ3v) is 3.71. The molecule has 0 saturated heterocycles. The number of benzene rings is 1. The molecule has 0 bridgehead atoms. The maximum absolute atomic E-state index is 4.61. The lowest BCUT2D eigenvalue weighted by Gasteiger charge is -2.23. The molecule has 0 aliphatic carbocycles. The van der Waals surface area contributed by atoms with E-state index in [9.17, 15) is 0 Å². The number of hydrogen-bond donors (Lipinski definition) is 1. The zero-order chi connectivity index (χ0) is 13.7. The fourth-order valence-corrected chi connectivity index (χ4v) is 2.06. The molecule has 0 aliphatic heterocycles. The van der Waals surface area contributed by atoms with Crippen LogP contribution in [0.3, 0.4) is 0 Å². The van der Waals surface area contributed by atoms with Crippen molar-refractivity contribution in [2.24, 2.45) is 0 Å². The van der Waals surface area contributed by atoms with E-state index in [0.717, 1.165) is 24.4 Å². The zero-order valence-electron chi connectivity index (χ0n) is 12.1. The number of fused-ring (bicyclic) bond motifs is 1. The van der Waals surface area contributed by atoms with Crippen LogP contribution in [0.5, 0.6) is 0 Å². The van der Waals surface area contributed by atoms with E-state index in [4.69, 9.17) is 0 Å². The van der Waals surface area contributed by atoms with Gasteiger partial charge in [0, 0.05) is 24.5 Å². The van der Waals surface area contributed by atoms with E-state index in [2.05, 4.69) is 48.2 Å². The molecular formula is C16H23N3. The van der Waals surface area contributed by atoms with Gasteiger partial charge in [0.2, 0.25) is 0 Å². The molecule has 0 spiro atoms. The Morgan fingerprint density at radius 3 is 2.79 bits per heavy atom. The lowest BCUT2D eigenvalue weighted by atomic mass is 10.2. The molecule has 0 fully saturated rings. The van der Waals surface area contributed by atoms with Crippen LogP contribution >= 0.6 is 0 Å². The minimum atomic E-state index is 0.631. The third kappa shape index (κ3) is 3.67. The summed E-state index contributed by atoms with van der Waals surface area (Å²) in [6, 6.07) is 13.0. The van der Waals surface area contributed by atoms with Gasteiger partial charge in [-0.15, -0.1) is 0 Å². The second-order valence-electron chi connectivity index (χ2n) is 5.05. The summed E-state index contributed by atoms with van der Waals surface area (Å²) in [6.07, 6.45) is 1.19. The van der Waals surface area contributed by atoms with Crippen molar-refractivity contribution >= 4 is 16.7 Å². The van der Waals surface area contributed by atoms with E-state index in [1.165, 1.54) is 11.8 Å². The minimum Gasteiger partial charge on any atom is -0.369 e. The van der Waals surface area contributed by atoms with Gasteiger partial charge in [0.05, 0.1) is 5.52 Å². The number of nitrogens with one attached hydrogen (secondary N) is 1. The minimum absolute atomic E-state index is 0.631. The van der Waals surface area contributed by atoms with Gasteiger partial charge in [-0.3, -0.25) is 0 Å². The van der Waals surface area contributed by atoms with Crippen LogP contribution in [0.2, 0.25) is 0 Å². The lowest BCUT2D eigenvalue weighted by Crippen LogP contribution is -2.32. The van der Waals surface area contributed by atoms with Crippen molar-refractivity contribution in [1.29, 1.82) is 0 Å². The normalized spacial score (nSPS) is 12.8. The second-order valence-corrected chi connectivity index (χ2v) is 5.05. The first-order valence-electron chi connectivity index (χ1n) is 7.00. The number of para-hydroxylation sites is 1. The number of hydrogen-bond acceptors (Lipinski definition) is 3. The van der Waals surface area contributed by atoms with Gasteiger partial charge >= 0.3 is 0 Å². The van der Waals surface area contributed by atoms with Crippen LogP contribution in [0, 0.1) is 0 Å². The Morgan fingerprint density at radius 1 is 1.21 bits per heavy atom. The Kier molecular flexibility index (Phi) is 4.74. The quantitative estimate of drug-likeness (QED) is 0.860. The zero-order valence-corrected chi connectivity index (χ0v) is 12.1. The highest BCUT2D eigenvalue weighted by molar-refractivity contribution is 5.79. The van der Waals surface area contributed by atoms with Crippen molar-refractivity contribution in [3.8, 4) is 0 Å². The Bertz CT molecular complexity index is 524. The van der Waals surface area contributed by atoms with Crippen LogP contribution in [0.25, 0.3) is 10.9 Å². The van der Waals surface area contributed by atoms with Gasteiger partial charge in [-0.2, -0.15) is 0 Å². The Hall–Kier alpha value is -1.61. The smallest absolute Gasteiger partial charge is 0.126 e. The van der Waals surface area contributed by atoms with E-state index in [-0.39, 0.29) is 0 Å². The monoisotopic (exact) mass is 257 g/mol. The van der Waals surface area contributed by atoms with Gasteiger partial charge in [-0.1, -0.05) is 25.1 Å². The second kappa shape index (κ2) is 6.53. The summed E-state index contributed by atoms with van der Waals surface area (Å²) in [7, 11) is 2.17. The first-order valence-corrected chi connectivity index (χ1v) is 7.00. The summed E-state index contributed by atoms with van der Waals surface area (Å²) in [6.45, 7) is 6.43. The number of likely N-dealkylation sites (N-methyl/N-ethyl adjacent to an activating group) is 1. The fraction of sp³-hybridized carbons (Fsp3) is 0.438. The number of anilines is 1. The van der Waals surface area contributed by atoms with Gasteiger partial charge in [0.1, 0.15) is 5.82 Å². The summed E-state index contributed by atoms with van der Waals surface area (Å²) in [5, 5.41) is 4.58. The van der Waals surface area contributed by atoms with Crippen LogP contribution in [-0.4, -0.2) is 36.1 Å². The van der Waals surface area contributed by atoms with Crippen molar-refractivity contribution in [2.45, 2.75) is 26.3 Å². The largest absolute Gasteiger partial charge is 0.369 e. The van der Waals surface area contributed by atoms with Crippen molar-refractivity contribution in [2.75, 3.05) is 25.5 Å². The van der Waals surface area contributed by atoms with Crippen LogP contribution in [0.4, 0.5) is 5.82 Å². The first-order chi connectivity index (χ1) is 9.20. The molecule has 3 nitrogen and oxygen atoms in total. The molecule has 3 heteroatoms. The van der Waals surface area contributed by atoms with Crippen LogP contribution in [0.1, 0.15) is 20.3 Å². The summed E-state index contributed by atoms with van der Waals surface area (Å²) in [4.78, 5) is 6.98. The molecule has 2 aromatic rings. The molecule has 1 N–H and O–H groups in total. The van der Waals surface area contributed by atoms with Gasteiger partial charge in [-0.25, -0.2) is 4.98 Å². The summed E-state index contributed by atoms with van der Waals surface area (Å²) >= 11 is 0. The molecule has 102 valence electrons. The molecule has 1 unspecified atom stereocenters. The van der Waals surface area contributed by atoms with Crippen molar-refractivity contribution in [3.05, 3.63) is 36.4 Å². The molecule has 0 aliphatic rings. The Morgan fingerprint density at radius 2 is 2.00 bits per heavy atom. The molecular weight excluding hydrogens is 234 g/mol. The molecule has 19 heavy (non-hydrogen) atoms.